The molecule has 2 aromatic rings. The third-order valence-corrected chi connectivity index (χ3v) is 3.21. The van der Waals surface area contributed by atoms with Crippen molar-refractivity contribution in [3.63, 3.8) is 0 Å². The number of aromatic nitrogens is 5. The Labute approximate surface area is 118 Å². The minimum atomic E-state index is -0.119. The molecule has 0 fully saturated rings. The molecule has 0 aliphatic carbocycles. The highest BCUT2D eigenvalue weighted by Gasteiger charge is 2.20. The van der Waals surface area contributed by atoms with E-state index in [-0.39, 0.29) is 17.9 Å². The molecule has 0 aliphatic rings. The van der Waals surface area contributed by atoms with E-state index in [1.165, 1.54) is 6.33 Å². The summed E-state index contributed by atoms with van der Waals surface area (Å²) in [4.78, 5) is 16.2. The fourth-order valence-electron chi connectivity index (χ4n) is 2.02. The quantitative estimate of drug-likeness (QED) is 0.875. The normalized spacial score (nSPS) is 12.7. The molecule has 20 heavy (non-hydrogen) atoms. The molecule has 0 saturated carbocycles. The van der Waals surface area contributed by atoms with Crippen molar-refractivity contribution >= 4 is 5.91 Å². The lowest BCUT2D eigenvalue weighted by atomic mass is 10.0. The van der Waals surface area contributed by atoms with Gasteiger partial charge in [-0.25, -0.2) is 4.98 Å². The molecule has 0 aromatic carbocycles. The summed E-state index contributed by atoms with van der Waals surface area (Å²) in [6.07, 6.45) is 3.14. The molecule has 1 N–H and O–H groups in total. The molecular formula is C13H20N6O. The summed E-state index contributed by atoms with van der Waals surface area (Å²) in [5.74, 6) is 0.171. The van der Waals surface area contributed by atoms with E-state index in [0.29, 0.717) is 12.2 Å². The summed E-state index contributed by atoms with van der Waals surface area (Å²) in [7, 11) is 1.77. The highest BCUT2D eigenvalue weighted by atomic mass is 16.2. The zero-order valence-electron chi connectivity index (χ0n) is 12.2. The van der Waals surface area contributed by atoms with E-state index in [0.717, 1.165) is 5.69 Å². The van der Waals surface area contributed by atoms with E-state index in [9.17, 15) is 4.79 Å². The lowest BCUT2D eigenvalue weighted by Gasteiger charge is -2.22. The summed E-state index contributed by atoms with van der Waals surface area (Å²) < 4.78 is 3.32. The van der Waals surface area contributed by atoms with Gasteiger partial charge in [0.1, 0.15) is 18.3 Å². The smallest absolute Gasteiger partial charge is 0.269 e. The number of nitrogens with zero attached hydrogens (tertiary/aromatic N) is 5. The van der Waals surface area contributed by atoms with Crippen LogP contribution in [0.2, 0.25) is 0 Å². The van der Waals surface area contributed by atoms with Crippen LogP contribution in [-0.4, -0.2) is 36.5 Å². The lowest BCUT2D eigenvalue weighted by Crippen LogP contribution is -2.42. The van der Waals surface area contributed by atoms with Crippen molar-refractivity contribution in [1.29, 1.82) is 0 Å². The molecule has 1 atom stereocenters. The van der Waals surface area contributed by atoms with Gasteiger partial charge in [0, 0.05) is 7.05 Å². The molecule has 2 rings (SSSR count). The number of rotatable bonds is 5. The zero-order chi connectivity index (χ0) is 14.7. The van der Waals surface area contributed by atoms with Gasteiger partial charge in [-0.3, -0.25) is 14.2 Å². The van der Waals surface area contributed by atoms with Gasteiger partial charge >= 0.3 is 0 Å². The predicted octanol–water partition coefficient (Wildman–Crippen LogP) is 0.775. The molecule has 1 amide bonds. The van der Waals surface area contributed by atoms with E-state index in [2.05, 4.69) is 34.3 Å². The second-order valence-corrected chi connectivity index (χ2v) is 5.24. The SMILES string of the molecule is Cc1cc(C(=O)N[C@H](Cn2cncn2)C(C)C)n(C)n1. The molecule has 0 unspecified atom stereocenters. The van der Waals surface area contributed by atoms with Gasteiger partial charge in [-0.2, -0.15) is 10.2 Å². The fraction of sp³-hybridized carbons (Fsp3) is 0.538. The summed E-state index contributed by atoms with van der Waals surface area (Å²) in [6, 6.07) is 1.77. The molecule has 7 nitrogen and oxygen atoms in total. The minimum absolute atomic E-state index is 0.0144. The maximum absolute atomic E-state index is 12.3. The summed E-state index contributed by atoms with van der Waals surface area (Å²) >= 11 is 0. The van der Waals surface area contributed by atoms with Gasteiger partial charge in [0.05, 0.1) is 18.3 Å². The van der Waals surface area contributed by atoms with Crippen LogP contribution < -0.4 is 5.32 Å². The summed E-state index contributed by atoms with van der Waals surface area (Å²) in [5, 5.41) is 11.3. The number of hydrogen-bond donors (Lipinski definition) is 1. The van der Waals surface area contributed by atoms with Crippen LogP contribution in [-0.2, 0) is 13.6 Å². The molecule has 7 heteroatoms. The van der Waals surface area contributed by atoms with Crippen LogP contribution in [0.1, 0.15) is 30.0 Å². The van der Waals surface area contributed by atoms with E-state index in [1.807, 2.05) is 6.92 Å². The highest BCUT2D eigenvalue weighted by Crippen LogP contribution is 2.07. The predicted molar refractivity (Wildman–Crippen MR) is 74.1 cm³/mol. The van der Waals surface area contributed by atoms with Gasteiger partial charge in [-0.1, -0.05) is 13.8 Å². The third kappa shape index (κ3) is 3.23. The first-order chi connectivity index (χ1) is 9.47. The number of carbonyl (C=O) groups is 1. The Morgan fingerprint density at radius 2 is 2.20 bits per heavy atom. The Bertz CT molecular complexity index is 572. The van der Waals surface area contributed by atoms with Gasteiger partial charge in [0.15, 0.2) is 0 Å². The average molecular weight is 276 g/mol. The molecule has 0 spiro atoms. The Balaban J connectivity index is 2.08. The van der Waals surface area contributed by atoms with Crippen molar-refractivity contribution < 1.29 is 4.79 Å². The van der Waals surface area contributed by atoms with Crippen LogP contribution in [0.25, 0.3) is 0 Å². The maximum Gasteiger partial charge on any atom is 0.269 e. The van der Waals surface area contributed by atoms with Crippen molar-refractivity contribution in [2.24, 2.45) is 13.0 Å². The standard InChI is InChI=1S/C13H20N6O/c1-9(2)11(6-19-8-14-7-15-19)16-13(20)12-5-10(3)17-18(12)4/h5,7-9,11H,6H2,1-4H3,(H,16,20)/t11-/m1/s1. The second-order valence-electron chi connectivity index (χ2n) is 5.24. The van der Waals surface area contributed by atoms with Crippen molar-refractivity contribution in [2.75, 3.05) is 0 Å². The van der Waals surface area contributed by atoms with Crippen LogP contribution in [0, 0.1) is 12.8 Å². The third-order valence-electron chi connectivity index (χ3n) is 3.21. The number of aryl methyl sites for hydroxylation is 2. The zero-order valence-corrected chi connectivity index (χ0v) is 12.2. The lowest BCUT2D eigenvalue weighted by molar-refractivity contribution is 0.0909. The molecule has 0 radical (unpaired) electrons. The average Bonchev–Trinajstić information content (AvgIpc) is 2.97. The first-order valence-corrected chi connectivity index (χ1v) is 6.61. The Morgan fingerprint density at radius 1 is 1.45 bits per heavy atom. The van der Waals surface area contributed by atoms with E-state index >= 15 is 0 Å². The van der Waals surface area contributed by atoms with Crippen molar-refractivity contribution in [1.82, 2.24) is 29.9 Å². The number of carbonyl (C=O) groups excluding carboxylic acids is 1. The topological polar surface area (TPSA) is 77.6 Å². The fourth-order valence-corrected chi connectivity index (χ4v) is 2.02. The van der Waals surface area contributed by atoms with Gasteiger partial charge in [0.2, 0.25) is 0 Å². The van der Waals surface area contributed by atoms with Crippen LogP contribution in [0.15, 0.2) is 18.7 Å². The van der Waals surface area contributed by atoms with Crippen LogP contribution >= 0.6 is 0 Å². The van der Waals surface area contributed by atoms with E-state index < -0.39 is 0 Å². The molecular weight excluding hydrogens is 256 g/mol. The minimum Gasteiger partial charge on any atom is -0.346 e. The molecule has 0 saturated heterocycles. The van der Waals surface area contributed by atoms with E-state index in [4.69, 9.17) is 0 Å². The summed E-state index contributed by atoms with van der Waals surface area (Å²) in [5.41, 5.74) is 1.39. The first-order valence-electron chi connectivity index (χ1n) is 6.61. The Kier molecular flexibility index (Phi) is 4.16. The van der Waals surface area contributed by atoms with E-state index in [1.54, 1.807) is 28.8 Å². The first kappa shape index (κ1) is 14.2. The van der Waals surface area contributed by atoms with Gasteiger partial charge in [0.25, 0.3) is 5.91 Å². The summed E-state index contributed by atoms with van der Waals surface area (Å²) in [6.45, 7) is 6.60. The molecule has 2 aromatic heterocycles. The number of nitrogens with one attached hydrogen (secondary N) is 1. The van der Waals surface area contributed by atoms with Crippen molar-refractivity contribution in [3.8, 4) is 0 Å². The van der Waals surface area contributed by atoms with Crippen LogP contribution in [0.4, 0.5) is 0 Å². The van der Waals surface area contributed by atoms with Gasteiger partial charge in [-0.15, -0.1) is 0 Å². The molecule has 0 aliphatic heterocycles. The van der Waals surface area contributed by atoms with Crippen LogP contribution in [0.5, 0.6) is 0 Å². The van der Waals surface area contributed by atoms with Crippen molar-refractivity contribution in [2.45, 2.75) is 33.4 Å². The molecule has 0 bridgehead atoms. The number of hydrogen-bond acceptors (Lipinski definition) is 4. The van der Waals surface area contributed by atoms with Crippen molar-refractivity contribution in [3.05, 3.63) is 30.1 Å². The maximum atomic E-state index is 12.3. The Morgan fingerprint density at radius 3 is 2.70 bits per heavy atom. The molecule has 2 heterocycles. The number of amides is 1. The van der Waals surface area contributed by atoms with Gasteiger partial charge in [-0.05, 0) is 18.9 Å². The monoisotopic (exact) mass is 276 g/mol. The second kappa shape index (κ2) is 5.85. The highest BCUT2D eigenvalue weighted by molar-refractivity contribution is 5.92. The van der Waals surface area contributed by atoms with Crippen LogP contribution in [0.3, 0.4) is 0 Å². The Hall–Kier alpha value is -2.18. The molecule has 108 valence electrons. The largest absolute Gasteiger partial charge is 0.346 e. The van der Waals surface area contributed by atoms with Gasteiger partial charge < -0.3 is 5.32 Å².